The molecule has 28 heavy (non-hydrogen) atoms. The molecule has 1 amide bonds. The van der Waals surface area contributed by atoms with Crippen LogP contribution in [0.3, 0.4) is 0 Å². The molecular weight excluding hydrogens is 358 g/mol. The quantitative estimate of drug-likeness (QED) is 0.520. The Balaban J connectivity index is 1.79. The Morgan fingerprint density at radius 1 is 0.929 bits per heavy atom. The second-order valence-electron chi connectivity index (χ2n) is 6.57. The minimum atomic E-state index is -0.794. The van der Waals surface area contributed by atoms with E-state index >= 15 is 0 Å². The van der Waals surface area contributed by atoms with Gasteiger partial charge in [-0.2, -0.15) is 0 Å². The van der Waals surface area contributed by atoms with Crippen LogP contribution in [0.1, 0.15) is 11.1 Å². The molecule has 1 aromatic heterocycles. The molecule has 0 saturated heterocycles. The largest absolute Gasteiger partial charge is 0.334 e. The molecule has 7 nitrogen and oxygen atoms in total. The van der Waals surface area contributed by atoms with Crippen molar-refractivity contribution in [3.05, 3.63) is 98.5 Å². The van der Waals surface area contributed by atoms with E-state index in [-0.39, 0.29) is 12.5 Å². The SMILES string of the molecule is O=C(Cn1cccc([N+](=O)[O-])c1=O)N1c2ccccc2CCc2ccccc21. The number of amides is 1. The summed E-state index contributed by atoms with van der Waals surface area (Å²) in [6.07, 6.45) is 2.99. The Morgan fingerprint density at radius 3 is 2.07 bits per heavy atom. The first-order chi connectivity index (χ1) is 13.6. The van der Waals surface area contributed by atoms with Crippen molar-refractivity contribution < 1.29 is 9.72 Å². The van der Waals surface area contributed by atoms with Crippen molar-refractivity contribution >= 4 is 23.0 Å². The van der Waals surface area contributed by atoms with Gasteiger partial charge in [0.05, 0.1) is 16.3 Å². The van der Waals surface area contributed by atoms with Gasteiger partial charge in [0.2, 0.25) is 0 Å². The molecule has 7 heteroatoms. The zero-order valence-electron chi connectivity index (χ0n) is 14.9. The van der Waals surface area contributed by atoms with E-state index in [0.29, 0.717) is 0 Å². The third-order valence-electron chi connectivity index (χ3n) is 4.88. The monoisotopic (exact) mass is 375 g/mol. The van der Waals surface area contributed by atoms with Crippen LogP contribution in [0.2, 0.25) is 0 Å². The minimum absolute atomic E-state index is 0.289. The molecule has 2 heterocycles. The summed E-state index contributed by atoms with van der Waals surface area (Å²) in [4.78, 5) is 37.5. The maximum atomic E-state index is 13.3. The third-order valence-corrected chi connectivity index (χ3v) is 4.88. The van der Waals surface area contributed by atoms with Crippen molar-refractivity contribution in [2.45, 2.75) is 19.4 Å². The van der Waals surface area contributed by atoms with Crippen LogP contribution in [0.4, 0.5) is 17.1 Å². The van der Waals surface area contributed by atoms with Crippen LogP contribution in [0.25, 0.3) is 0 Å². The highest BCUT2D eigenvalue weighted by Gasteiger charge is 2.26. The van der Waals surface area contributed by atoms with Gasteiger partial charge in [-0.05, 0) is 42.2 Å². The van der Waals surface area contributed by atoms with Crippen LogP contribution in [0.5, 0.6) is 0 Å². The second-order valence-corrected chi connectivity index (χ2v) is 6.57. The van der Waals surface area contributed by atoms with Gasteiger partial charge in [0.25, 0.3) is 5.91 Å². The van der Waals surface area contributed by atoms with Crippen molar-refractivity contribution in [3.63, 3.8) is 0 Å². The minimum Gasteiger partial charge on any atom is -0.300 e. The molecule has 3 aromatic rings. The van der Waals surface area contributed by atoms with Gasteiger partial charge in [-0.3, -0.25) is 24.6 Å². The number of nitro groups is 1. The molecule has 1 aliphatic heterocycles. The number of nitrogens with zero attached hydrogens (tertiary/aromatic N) is 3. The van der Waals surface area contributed by atoms with E-state index in [1.54, 1.807) is 4.90 Å². The van der Waals surface area contributed by atoms with Crippen LogP contribution in [-0.4, -0.2) is 15.4 Å². The molecule has 0 aliphatic carbocycles. The average Bonchev–Trinajstić information content (AvgIpc) is 2.86. The summed E-state index contributed by atoms with van der Waals surface area (Å²) in [7, 11) is 0. The normalized spacial score (nSPS) is 12.6. The van der Waals surface area contributed by atoms with E-state index in [0.717, 1.165) is 46.0 Å². The van der Waals surface area contributed by atoms with Gasteiger partial charge < -0.3 is 4.57 Å². The lowest BCUT2D eigenvalue weighted by Gasteiger charge is -2.25. The van der Waals surface area contributed by atoms with Gasteiger partial charge in [0.15, 0.2) is 0 Å². The molecule has 0 spiro atoms. The number of aryl methyl sites for hydroxylation is 2. The summed E-state index contributed by atoms with van der Waals surface area (Å²) < 4.78 is 1.08. The number of carbonyl (C=O) groups excluding carboxylic acids is 1. The Kier molecular flexibility index (Phi) is 4.49. The van der Waals surface area contributed by atoms with Crippen molar-refractivity contribution in [1.29, 1.82) is 0 Å². The van der Waals surface area contributed by atoms with Gasteiger partial charge in [0.1, 0.15) is 6.54 Å². The molecule has 140 valence electrons. The van der Waals surface area contributed by atoms with Gasteiger partial charge in [-0.1, -0.05) is 36.4 Å². The molecule has 1 aliphatic rings. The molecule has 0 unspecified atom stereocenters. The summed E-state index contributed by atoms with van der Waals surface area (Å²) in [5, 5.41) is 11.0. The van der Waals surface area contributed by atoms with Crippen LogP contribution < -0.4 is 10.5 Å². The van der Waals surface area contributed by atoms with Crippen LogP contribution in [-0.2, 0) is 24.2 Å². The fraction of sp³-hybridized carbons (Fsp3) is 0.143. The Bertz CT molecular complexity index is 1090. The highest BCUT2D eigenvalue weighted by Crippen LogP contribution is 2.36. The standard InChI is InChI=1S/C21H17N3O4/c25-20(14-22-13-5-10-19(21(22)26)24(27)28)23-17-8-3-1-6-15(17)11-12-16-7-2-4-9-18(16)23/h1-10,13H,11-12,14H2. The molecule has 4 rings (SSSR count). The van der Waals surface area contributed by atoms with E-state index in [4.69, 9.17) is 0 Å². The van der Waals surface area contributed by atoms with E-state index in [1.165, 1.54) is 12.3 Å². The topological polar surface area (TPSA) is 85.5 Å². The molecule has 0 radical (unpaired) electrons. The van der Waals surface area contributed by atoms with Crippen LogP contribution in [0.15, 0.2) is 71.7 Å². The first-order valence-corrected chi connectivity index (χ1v) is 8.89. The molecule has 0 N–H and O–H groups in total. The van der Waals surface area contributed by atoms with E-state index < -0.39 is 16.2 Å². The number of para-hydroxylation sites is 2. The number of anilines is 2. The lowest BCUT2D eigenvalue weighted by Crippen LogP contribution is -2.34. The Labute approximate surface area is 160 Å². The lowest BCUT2D eigenvalue weighted by atomic mass is 10.0. The first-order valence-electron chi connectivity index (χ1n) is 8.89. The summed E-state index contributed by atoms with van der Waals surface area (Å²) in [6, 6.07) is 17.9. The number of benzene rings is 2. The fourth-order valence-corrected chi connectivity index (χ4v) is 3.55. The van der Waals surface area contributed by atoms with Gasteiger partial charge in [-0.25, -0.2) is 0 Å². The number of hydrogen-bond acceptors (Lipinski definition) is 4. The summed E-state index contributed by atoms with van der Waals surface area (Å²) in [5.74, 6) is -0.329. The predicted octanol–water partition coefficient (Wildman–Crippen LogP) is 3.22. The highest BCUT2D eigenvalue weighted by atomic mass is 16.6. The number of aromatic nitrogens is 1. The van der Waals surface area contributed by atoms with E-state index in [9.17, 15) is 19.7 Å². The number of carbonyl (C=O) groups is 1. The highest BCUT2D eigenvalue weighted by molar-refractivity contribution is 6.02. The van der Waals surface area contributed by atoms with Crippen molar-refractivity contribution in [1.82, 2.24) is 4.57 Å². The Hall–Kier alpha value is -3.74. The number of pyridine rings is 1. The van der Waals surface area contributed by atoms with Gasteiger partial charge in [-0.15, -0.1) is 0 Å². The zero-order valence-corrected chi connectivity index (χ0v) is 14.9. The summed E-state index contributed by atoms with van der Waals surface area (Å²) >= 11 is 0. The first kappa shape index (κ1) is 17.7. The maximum absolute atomic E-state index is 13.3. The molecule has 0 atom stereocenters. The van der Waals surface area contributed by atoms with Crippen LogP contribution >= 0.6 is 0 Å². The number of fused-ring (bicyclic) bond motifs is 2. The maximum Gasteiger partial charge on any atom is 0.334 e. The van der Waals surface area contributed by atoms with Crippen molar-refractivity contribution in [2.24, 2.45) is 0 Å². The van der Waals surface area contributed by atoms with E-state index in [1.807, 2.05) is 48.5 Å². The number of rotatable bonds is 3. The fourth-order valence-electron chi connectivity index (χ4n) is 3.55. The molecule has 0 bridgehead atoms. The van der Waals surface area contributed by atoms with E-state index in [2.05, 4.69) is 0 Å². The van der Waals surface area contributed by atoms with Gasteiger partial charge >= 0.3 is 11.2 Å². The molecule has 0 fully saturated rings. The smallest absolute Gasteiger partial charge is 0.300 e. The molecule has 0 saturated carbocycles. The molecular formula is C21H17N3O4. The second kappa shape index (κ2) is 7.11. The predicted molar refractivity (Wildman–Crippen MR) is 105 cm³/mol. The van der Waals surface area contributed by atoms with Crippen molar-refractivity contribution in [2.75, 3.05) is 4.90 Å². The lowest BCUT2D eigenvalue weighted by molar-refractivity contribution is -0.386. The summed E-state index contributed by atoms with van der Waals surface area (Å²) in [5.41, 5.74) is 2.29. The average molecular weight is 375 g/mol. The zero-order chi connectivity index (χ0) is 19.7. The number of hydrogen-bond donors (Lipinski definition) is 0. The summed E-state index contributed by atoms with van der Waals surface area (Å²) in [6.45, 7) is -0.289. The van der Waals surface area contributed by atoms with Gasteiger partial charge in [0, 0.05) is 12.3 Å². The van der Waals surface area contributed by atoms with Crippen LogP contribution in [0, 0.1) is 10.1 Å². The molecule has 2 aromatic carbocycles. The Morgan fingerprint density at radius 2 is 1.50 bits per heavy atom. The third kappa shape index (κ3) is 3.07. The van der Waals surface area contributed by atoms with Crippen molar-refractivity contribution in [3.8, 4) is 0 Å².